The van der Waals surface area contributed by atoms with Crippen molar-refractivity contribution in [2.45, 2.75) is 25.2 Å². The second-order valence-electron chi connectivity index (χ2n) is 7.39. The fourth-order valence-electron chi connectivity index (χ4n) is 4.50. The number of fused-ring (bicyclic) bond motifs is 2. The van der Waals surface area contributed by atoms with Crippen LogP contribution in [-0.2, 0) is 17.6 Å². The molecule has 1 aliphatic carbocycles. The number of nitrogens with zero attached hydrogens (tertiary/aromatic N) is 2. The Hall–Kier alpha value is -3.08. The van der Waals surface area contributed by atoms with Gasteiger partial charge in [-0.15, -0.1) is 0 Å². The maximum absolute atomic E-state index is 13.4. The standard InChI is InChI=1S/C22H21N3O2/c26-21-8-4-2-6-16(21)17-12-25(20-7-3-1-5-15(17)20)22(27)14-9-10-18-19(11-14)24-13-23-18/h1-8,13-14,17,26H,9-12H2,(H,23,24). The lowest BCUT2D eigenvalue weighted by Gasteiger charge is -2.26. The molecule has 2 atom stereocenters. The molecule has 1 aromatic heterocycles. The van der Waals surface area contributed by atoms with E-state index >= 15 is 0 Å². The summed E-state index contributed by atoms with van der Waals surface area (Å²) in [5.74, 6) is 0.416. The molecule has 2 unspecified atom stereocenters. The molecule has 5 nitrogen and oxygen atoms in total. The van der Waals surface area contributed by atoms with E-state index in [0.29, 0.717) is 13.0 Å². The van der Waals surface area contributed by atoms with E-state index in [4.69, 9.17) is 0 Å². The number of anilines is 1. The van der Waals surface area contributed by atoms with Crippen molar-refractivity contribution in [3.8, 4) is 5.75 Å². The van der Waals surface area contributed by atoms with Gasteiger partial charge in [-0.1, -0.05) is 36.4 Å². The second kappa shape index (κ2) is 6.27. The van der Waals surface area contributed by atoms with Crippen LogP contribution in [0.15, 0.2) is 54.9 Å². The van der Waals surface area contributed by atoms with Crippen LogP contribution in [0.25, 0.3) is 0 Å². The van der Waals surface area contributed by atoms with Crippen molar-refractivity contribution in [2.24, 2.45) is 5.92 Å². The van der Waals surface area contributed by atoms with Gasteiger partial charge in [-0.25, -0.2) is 4.98 Å². The van der Waals surface area contributed by atoms with Crippen LogP contribution in [0.2, 0.25) is 0 Å². The molecule has 136 valence electrons. The molecular formula is C22H21N3O2. The number of carbonyl (C=O) groups excluding carboxylic acids is 1. The highest BCUT2D eigenvalue weighted by Gasteiger charge is 2.38. The Morgan fingerprint density at radius 1 is 1.11 bits per heavy atom. The van der Waals surface area contributed by atoms with E-state index in [1.165, 1.54) is 0 Å². The number of aromatic hydroxyl groups is 1. The first kappa shape index (κ1) is 16.1. The zero-order valence-corrected chi connectivity index (χ0v) is 14.9. The minimum atomic E-state index is -0.0332. The molecule has 0 spiro atoms. The summed E-state index contributed by atoms with van der Waals surface area (Å²) in [4.78, 5) is 22.8. The lowest BCUT2D eigenvalue weighted by Crippen LogP contribution is -2.38. The number of hydrogen-bond donors (Lipinski definition) is 2. The molecule has 1 amide bonds. The molecular weight excluding hydrogens is 338 g/mol. The van der Waals surface area contributed by atoms with Crippen LogP contribution in [0, 0.1) is 5.92 Å². The van der Waals surface area contributed by atoms with Crippen molar-refractivity contribution in [1.82, 2.24) is 9.97 Å². The van der Waals surface area contributed by atoms with Crippen LogP contribution in [-0.4, -0.2) is 27.5 Å². The number of nitrogens with one attached hydrogen (secondary N) is 1. The quantitative estimate of drug-likeness (QED) is 0.737. The highest BCUT2D eigenvalue weighted by atomic mass is 16.3. The summed E-state index contributed by atoms with van der Waals surface area (Å²) < 4.78 is 0. The minimum absolute atomic E-state index is 0.00217. The van der Waals surface area contributed by atoms with E-state index in [1.54, 1.807) is 12.4 Å². The van der Waals surface area contributed by atoms with Crippen molar-refractivity contribution < 1.29 is 9.90 Å². The Balaban J connectivity index is 1.47. The Labute approximate surface area is 157 Å². The van der Waals surface area contributed by atoms with Crippen LogP contribution in [0.1, 0.15) is 34.9 Å². The number of phenols is 1. The van der Waals surface area contributed by atoms with Crippen LogP contribution < -0.4 is 4.90 Å². The molecule has 0 saturated heterocycles. The largest absolute Gasteiger partial charge is 0.508 e. The zero-order valence-electron chi connectivity index (χ0n) is 14.9. The highest BCUT2D eigenvalue weighted by molar-refractivity contribution is 5.98. The van der Waals surface area contributed by atoms with E-state index in [2.05, 4.69) is 16.0 Å². The third-order valence-electron chi connectivity index (χ3n) is 5.88. The SMILES string of the molecule is O=C(C1CCc2nc[nH]c2C1)N1CC(c2ccccc2O)c2ccccc21. The molecule has 2 N–H and O–H groups in total. The zero-order chi connectivity index (χ0) is 18.4. The molecule has 5 rings (SSSR count). The molecule has 3 aromatic rings. The van der Waals surface area contributed by atoms with Gasteiger partial charge in [0.2, 0.25) is 5.91 Å². The van der Waals surface area contributed by atoms with Crippen LogP contribution in [0.3, 0.4) is 0 Å². The van der Waals surface area contributed by atoms with Crippen molar-refractivity contribution in [3.63, 3.8) is 0 Å². The Bertz CT molecular complexity index is 1010. The van der Waals surface area contributed by atoms with Gasteiger partial charge in [0.25, 0.3) is 0 Å². The van der Waals surface area contributed by atoms with Gasteiger partial charge in [0.1, 0.15) is 5.75 Å². The van der Waals surface area contributed by atoms with Crippen molar-refractivity contribution in [3.05, 3.63) is 77.4 Å². The van der Waals surface area contributed by atoms with Crippen molar-refractivity contribution in [2.75, 3.05) is 11.4 Å². The van der Waals surface area contributed by atoms with Crippen molar-refractivity contribution >= 4 is 11.6 Å². The third-order valence-corrected chi connectivity index (χ3v) is 5.88. The monoisotopic (exact) mass is 359 g/mol. The molecule has 0 saturated carbocycles. The molecule has 0 radical (unpaired) electrons. The maximum atomic E-state index is 13.4. The molecule has 0 fully saturated rings. The van der Waals surface area contributed by atoms with Crippen LogP contribution in [0.5, 0.6) is 5.75 Å². The maximum Gasteiger partial charge on any atom is 0.230 e. The van der Waals surface area contributed by atoms with Crippen molar-refractivity contribution in [1.29, 1.82) is 0 Å². The fraction of sp³-hybridized carbons (Fsp3) is 0.273. The van der Waals surface area contributed by atoms with E-state index < -0.39 is 0 Å². The Morgan fingerprint density at radius 3 is 2.74 bits per heavy atom. The summed E-state index contributed by atoms with van der Waals surface area (Å²) >= 11 is 0. The summed E-state index contributed by atoms with van der Waals surface area (Å²) in [5.41, 5.74) is 5.12. The number of para-hydroxylation sites is 2. The molecule has 2 aliphatic rings. The smallest absolute Gasteiger partial charge is 0.230 e. The lowest BCUT2D eigenvalue weighted by molar-refractivity contribution is -0.122. The normalized spacial score (nSPS) is 21.0. The van der Waals surface area contributed by atoms with Gasteiger partial charge < -0.3 is 15.0 Å². The number of H-pyrrole nitrogens is 1. The fourth-order valence-corrected chi connectivity index (χ4v) is 4.50. The number of phenolic OH excluding ortho intramolecular Hbond substituents is 1. The third kappa shape index (κ3) is 2.62. The topological polar surface area (TPSA) is 69.2 Å². The number of aryl methyl sites for hydroxylation is 1. The first-order valence-electron chi connectivity index (χ1n) is 9.41. The lowest BCUT2D eigenvalue weighted by atomic mass is 9.88. The highest BCUT2D eigenvalue weighted by Crippen LogP contribution is 2.43. The van der Waals surface area contributed by atoms with Gasteiger partial charge in [-0.2, -0.15) is 0 Å². The summed E-state index contributed by atoms with van der Waals surface area (Å²) in [5, 5.41) is 10.3. The number of benzene rings is 2. The Morgan fingerprint density at radius 2 is 1.89 bits per heavy atom. The molecule has 27 heavy (non-hydrogen) atoms. The molecule has 1 aliphatic heterocycles. The van der Waals surface area contributed by atoms with Gasteiger partial charge in [0.15, 0.2) is 0 Å². The molecule has 2 aromatic carbocycles. The summed E-state index contributed by atoms with van der Waals surface area (Å²) in [6.45, 7) is 0.572. The van der Waals surface area contributed by atoms with Gasteiger partial charge in [0.05, 0.1) is 12.0 Å². The molecule has 2 heterocycles. The summed E-state index contributed by atoms with van der Waals surface area (Å²) in [7, 11) is 0. The van der Waals surface area contributed by atoms with E-state index in [-0.39, 0.29) is 23.5 Å². The average Bonchev–Trinajstić information content (AvgIpc) is 3.32. The number of hydrogen-bond acceptors (Lipinski definition) is 3. The summed E-state index contributed by atoms with van der Waals surface area (Å²) in [6, 6.07) is 15.5. The number of aromatic nitrogens is 2. The van der Waals surface area contributed by atoms with Gasteiger partial charge in [-0.05, 0) is 30.5 Å². The predicted octanol–water partition coefficient (Wildman–Crippen LogP) is 3.40. The van der Waals surface area contributed by atoms with Crippen LogP contribution in [0.4, 0.5) is 5.69 Å². The molecule has 0 bridgehead atoms. The number of aromatic amines is 1. The minimum Gasteiger partial charge on any atom is -0.508 e. The first-order chi connectivity index (χ1) is 13.2. The van der Waals surface area contributed by atoms with E-state index in [9.17, 15) is 9.90 Å². The average molecular weight is 359 g/mol. The van der Waals surface area contributed by atoms with E-state index in [0.717, 1.165) is 41.0 Å². The first-order valence-corrected chi connectivity index (χ1v) is 9.41. The Kier molecular flexibility index (Phi) is 3.74. The van der Waals surface area contributed by atoms with Gasteiger partial charge in [0, 0.05) is 41.7 Å². The van der Waals surface area contributed by atoms with Gasteiger partial charge in [-0.3, -0.25) is 4.79 Å². The molecule has 5 heteroatoms. The predicted molar refractivity (Wildman–Crippen MR) is 103 cm³/mol. The number of amides is 1. The van der Waals surface area contributed by atoms with Gasteiger partial charge >= 0.3 is 0 Å². The number of imidazole rings is 1. The van der Waals surface area contributed by atoms with Crippen LogP contribution >= 0.6 is 0 Å². The number of rotatable bonds is 2. The number of carbonyl (C=O) groups is 1. The van der Waals surface area contributed by atoms with E-state index in [1.807, 2.05) is 41.3 Å². The second-order valence-corrected chi connectivity index (χ2v) is 7.39. The summed E-state index contributed by atoms with van der Waals surface area (Å²) in [6.07, 6.45) is 4.11.